The van der Waals surface area contributed by atoms with Gasteiger partial charge in [0.25, 0.3) is 0 Å². The number of piperidine rings is 1. The predicted molar refractivity (Wildman–Crippen MR) is 92.7 cm³/mol. The molecule has 2 aliphatic rings. The molecular formula is C19H38N2. The molecule has 0 aliphatic carbocycles. The number of rotatable bonds is 6. The summed E-state index contributed by atoms with van der Waals surface area (Å²) in [7, 11) is 0. The Morgan fingerprint density at radius 3 is 2.38 bits per heavy atom. The number of piperazine rings is 1. The van der Waals surface area contributed by atoms with Gasteiger partial charge in [0.15, 0.2) is 0 Å². The van der Waals surface area contributed by atoms with Crippen LogP contribution in [0.5, 0.6) is 0 Å². The van der Waals surface area contributed by atoms with Crippen molar-refractivity contribution in [2.24, 2.45) is 11.8 Å². The third kappa shape index (κ3) is 4.69. The normalized spacial score (nSPS) is 29.9. The molecule has 0 aromatic heterocycles. The van der Waals surface area contributed by atoms with Gasteiger partial charge < -0.3 is 0 Å². The van der Waals surface area contributed by atoms with Crippen LogP contribution in [0, 0.1) is 11.8 Å². The van der Waals surface area contributed by atoms with Gasteiger partial charge in [0.05, 0.1) is 0 Å². The molecule has 2 saturated heterocycles. The van der Waals surface area contributed by atoms with Crippen molar-refractivity contribution in [3.63, 3.8) is 0 Å². The molecule has 0 radical (unpaired) electrons. The van der Waals surface area contributed by atoms with E-state index in [-0.39, 0.29) is 0 Å². The fraction of sp³-hybridized carbons (Fsp3) is 1.00. The standard InChI is InChI=1S/C19H38N2/c1-15(2)9-8-10-17(5)21-13-18-11-6-7-12-20(18)14-19(21)16(3)4/h15-19H,6-14H2,1-5H3. The second-order valence-corrected chi connectivity index (χ2v) is 8.33. The monoisotopic (exact) mass is 294 g/mol. The summed E-state index contributed by atoms with van der Waals surface area (Å²) in [5.74, 6) is 1.63. The molecule has 0 spiro atoms. The SMILES string of the molecule is CC(C)CCCC(C)N1CC2CCCCN2CC1C(C)C. The number of hydrogen-bond donors (Lipinski definition) is 0. The van der Waals surface area contributed by atoms with Gasteiger partial charge in [0, 0.05) is 31.2 Å². The molecule has 0 bridgehead atoms. The van der Waals surface area contributed by atoms with Gasteiger partial charge in [-0.1, -0.05) is 47.0 Å². The summed E-state index contributed by atoms with van der Waals surface area (Å²) >= 11 is 0. The molecule has 3 unspecified atom stereocenters. The Balaban J connectivity index is 1.93. The topological polar surface area (TPSA) is 6.48 Å². The highest BCUT2D eigenvalue weighted by Gasteiger charge is 2.37. The van der Waals surface area contributed by atoms with Gasteiger partial charge in [-0.05, 0) is 44.6 Å². The number of nitrogens with zero attached hydrogens (tertiary/aromatic N) is 2. The zero-order valence-corrected chi connectivity index (χ0v) is 15.1. The second-order valence-electron chi connectivity index (χ2n) is 8.33. The molecule has 0 aromatic rings. The first-order valence-corrected chi connectivity index (χ1v) is 9.48. The van der Waals surface area contributed by atoms with Gasteiger partial charge in [-0.15, -0.1) is 0 Å². The van der Waals surface area contributed by atoms with E-state index < -0.39 is 0 Å². The first kappa shape index (κ1) is 17.3. The molecule has 3 atom stereocenters. The van der Waals surface area contributed by atoms with Crippen molar-refractivity contribution >= 4 is 0 Å². The maximum atomic E-state index is 2.87. The summed E-state index contributed by atoms with van der Waals surface area (Å²) < 4.78 is 0. The van der Waals surface area contributed by atoms with Gasteiger partial charge in [0.1, 0.15) is 0 Å². The van der Waals surface area contributed by atoms with Crippen molar-refractivity contribution in [1.29, 1.82) is 0 Å². The van der Waals surface area contributed by atoms with E-state index >= 15 is 0 Å². The van der Waals surface area contributed by atoms with Crippen molar-refractivity contribution in [2.45, 2.75) is 91.3 Å². The first-order valence-electron chi connectivity index (χ1n) is 9.48. The Bertz CT molecular complexity index is 300. The van der Waals surface area contributed by atoms with Crippen LogP contribution in [0.1, 0.15) is 73.1 Å². The van der Waals surface area contributed by atoms with Crippen LogP contribution in [0.15, 0.2) is 0 Å². The van der Waals surface area contributed by atoms with Crippen molar-refractivity contribution < 1.29 is 0 Å². The largest absolute Gasteiger partial charge is 0.298 e. The molecule has 0 aromatic carbocycles. The molecule has 124 valence electrons. The number of hydrogen-bond acceptors (Lipinski definition) is 2. The summed E-state index contributed by atoms with van der Waals surface area (Å²) in [6.45, 7) is 16.0. The third-order valence-corrected chi connectivity index (χ3v) is 5.76. The smallest absolute Gasteiger partial charge is 0.0249 e. The van der Waals surface area contributed by atoms with Crippen molar-refractivity contribution in [3.05, 3.63) is 0 Å². The van der Waals surface area contributed by atoms with Crippen LogP contribution in [-0.2, 0) is 0 Å². The molecule has 0 N–H and O–H groups in total. The zero-order chi connectivity index (χ0) is 15.4. The Hall–Kier alpha value is -0.0800. The Morgan fingerprint density at radius 1 is 0.952 bits per heavy atom. The summed E-state index contributed by atoms with van der Waals surface area (Å²) in [6, 6.07) is 2.38. The van der Waals surface area contributed by atoms with Gasteiger partial charge in [-0.2, -0.15) is 0 Å². The minimum Gasteiger partial charge on any atom is -0.298 e. The van der Waals surface area contributed by atoms with Gasteiger partial charge in [-0.3, -0.25) is 9.80 Å². The fourth-order valence-electron chi connectivity index (χ4n) is 4.32. The lowest BCUT2D eigenvalue weighted by atomic mass is 9.90. The van der Waals surface area contributed by atoms with Crippen LogP contribution in [-0.4, -0.2) is 47.6 Å². The molecule has 2 fully saturated rings. The molecule has 2 nitrogen and oxygen atoms in total. The van der Waals surface area contributed by atoms with Crippen LogP contribution >= 0.6 is 0 Å². The molecule has 0 saturated carbocycles. The predicted octanol–water partition coefficient (Wildman–Crippen LogP) is 4.40. The minimum absolute atomic E-state index is 0.764. The van der Waals surface area contributed by atoms with E-state index in [1.54, 1.807) is 0 Å². The fourth-order valence-corrected chi connectivity index (χ4v) is 4.32. The quantitative estimate of drug-likeness (QED) is 0.716. The molecule has 21 heavy (non-hydrogen) atoms. The summed E-state index contributed by atoms with van der Waals surface area (Å²) in [5, 5.41) is 0. The lowest BCUT2D eigenvalue weighted by Gasteiger charge is -2.52. The highest BCUT2D eigenvalue weighted by atomic mass is 15.3. The second kappa shape index (κ2) is 7.97. The number of fused-ring (bicyclic) bond motifs is 1. The molecular weight excluding hydrogens is 256 g/mol. The van der Waals surface area contributed by atoms with Crippen LogP contribution in [0.2, 0.25) is 0 Å². The van der Waals surface area contributed by atoms with E-state index in [0.717, 1.165) is 30.0 Å². The van der Waals surface area contributed by atoms with E-state index in [9.17, 15) is 0 Å². The van der Waals surface area contributed by atoms with Gasteiger partial charge in [0.2, 0.25) is 0 Å². The van der Waals surface area contributed by atoms with Crippen molar-refractivity contribution in [2.75, 3.05) is 19.6 Å². The van der Waals surface area contributed by atoms with Crippen molar-refractivity contribution in [3.8, 4) is 0 Å². The van der Waals surface area contributed by atoms with E-state index in [0.29, 0.717) is 0 Å². The Morgan fingerprint density at radius 2 is 1.71 bits per heavy atom. The van der Waals surface area contributed by atoms with Crippen LogP contribution in [0.4, 0.5) is 0 Å². The average Bonchev–Trinajstić information content (AvgIpc) is 2.45. The lowest BCUT2D eigenvalue weighted by Crippen LogP contribution is -2.62. The summed E-state index contributed by atoms with van der Waals surface area (Å²) in [6.07, 6.45) is 8.47. The molecule has 2 heterocycles. The van der Waals surface area contributed by atoms with E-state index in [2.05, 4.69) is 44.4 Å². The van der Waals surface area contributed by atoms with Crippen LogP contribution in [0.3, 0.4) is 0 Å². The molecule has 2 aliphatic heterocycles. The summed E-state index contributed by atoms with van der Waals surface area (Å²) in [4.78, 5) is 5.67. The summed E-state index contributed by atoms with van der Waals surface area (Å²) in [5.41, 5.74) is 0. The molecule has 2 rings (SSSR count). The maximum absolute atomic E-state index is 2.87. The first-order chi connectivity index (χ1) is 9.99. The Kier molecular flexibility index (Phi) is 6.55. The van der Waals surface area contributed by atoms with E-state index in [1.165, 1.54) is 58.2 Å². The average molecular weight is 295 g/mol. The lowest BCUT2D eigenvalue weighted by molar-refractivity contribution is -0.0284. The highest BCUT2D eigenvalue weighted by Crippen LogP contribution is 2.29. The molecule has 0 amide bonds. The van der Waals surface area contributed by atoms with E-state index in [1.807, 2.05) is 0 Å². The molecule has 2 heteroatoms. The highest BCUT2D eigenvalue weighted by molar-refractivity contribution is 4.93. The van der Waals surface area contributed by atoms with Crippen molar-refractivity contribution in [1.82, 2.24) is 9.80 Å². The van der Waals surface area contributed by atoms with Gasteiger partial charge >= 0.3 is 0 Å². The maximum Gasteiger partial charge on any atom is 0.0249 e. The van der Waals surface area contributed by atoms with Gasteiger partial charge in [-0.25, -0.2) is 0 Å². The van der Waals surface area contributed by atoms with Crippen LogP contribution in [0.25, 0.3) is 0 Å². The zero-order valence-electron chi connectivity index (χ0n) is 15.1. The third-order valence-electron chi connectivity index (χ3n) is 5.76. The van der Waals surface area contributed by atoms with E-state index in [4.69, 9.17) is 0 Å². The Labute approximate surface area is 133 Å². The minimum atomic E-state index is 0.764. The van der Waals surface area contributed by atoms with Crippen LogP contribution < -0.4 is 0 Å².